The highest BCUT2D eigenvalue weighted by Gasteiger charge is 1.93. The lowest BCUT2D eigenvalue weighted by Gasteiger charge is -2.04. The van der Waals surface area contributed by atoms with E-state index in [9.17, 15) is 0 Å². The van der Waals surface area contributed by atoms with Gasteiger partial charge in [0.15, 0.2) is 0 Å². The largest absolute Gasteiger partial charge is 0.494 e. The van der Waals surface area contributed by atoms with Crippen molar-refractivity contribution in [2.75, 3.05) is 6.61 Å². The van der Waals surface area contributed by atoms with E-state index in [0.29, 0.717) is 6.61 Å². The van der Waals surface area contributed by atoms with E-state index >= 15 is 0 Å². The van der Waals surface area contributed by atoms with Crippen LogP contribution in [0, 0.1) is 12.3 Å². The highest BCUT2D eigenvalue weighted by Crippen LogP contribution is 2.12. The maximum absolute atomic E-state index is 8.81. The Morgan fingerprint density at radius 3 is 2.57 bits per heavy atom. The van der Waals surface area contributed by atoms with Crippen molar-refractivity contribution in [1.29, 1.82) is 0 Å². The molecule has 0 aromatic heterocycles. The molecular formula is C12H14O2. The summed E-state index contributed by atoms with van der Waals surface area (Å²) in [6.07, 6.45) is 6.73. The van der Waals surface area contributed by atoms with Gasteiger partial charge in [-0.1, -0.05) is 12.1 Å². The van der Waals surface area contributed by atoms with Crippen LogP contribution in [0.15, 0.2) is 24.3 Å². The third-order valence-electron chi connectivity index (χ3n) is 1.84. The Balaban J connectivity index is 2.33. The third kappa shape index (κ3) is 3.51. The Kier molecular flexibility index (Phi) is 4.60. The molecule has 0 radical (unpaired) electrons. The Morgan fingerprint density at radius 1 is 1.29 bits per heavy atom. The molecule has 0 fully saturated rings. The molecule has 0 amide bonds. The van der Waals surface area contributed by atoms with Crippen LogP contribution < -0.4 is 4.74 Å². The van der Waals surface area contributed by atoms with Gasteiger partial charge in [0, 0.05) is 6.42 Å². The number of hydrogen-bond donors (Lipinski definition) is 1. The van der Waals surface area contributed by atoms with Crippen LogP contribution in [-0.2, 0) is 6.61 Å². The second-order valence-electron chi connectivity index (χ2n) is 2.96. The second-order valence-corrected chi connectivity index (χ2v) is 2.96. The molecule has 14 heavy (non-hydrogen) atoms. The second kappa shape index (κ2) is 6.06. The molecule has 0 saturated carbocycles. The summed E-state index contributed by atoms with van der Waals surface area (Å²) in [6.45, 7) is 0.708. The molecule has 0 saturated heterocycles. The fourth-order valence-corrected chi connectivity index (χ4v) is 1.06. The summed E-state index contributed by atoms with van der Waals surface area (Å²) in [5, 5.41) is 8.81. The van der Waals surface area contributed by atoms with E-state index in [1.54, 1.807) is 0 Å². The van der Waals surface area contributed by atoms with E-state index in [1.165, 1.54) is 0 Å². The van der Waals surface area contributed by atoms with Crippen molar-refractivity contribution in [2.45, 2.75) is 19.4 Å². The molecule has 0 unspecified atom stereocenters. The number of terminal acetylenes is 1. The number of benzene rings is 1. The summed E-state index contributed by atoms with van der Waals surface area (Å²) in [5.41, 5.74) is 0.890. The van der Waals surface area contributed by atoms with E-state index in [-0.39, 0.29) is 6.61 Å². The normalized spacial score (nSPS) is 9.43. The van der Waals surface area contributed by atoms with Crippen LogP contribution in [0.5, 0.6) is 5.75 Å². The molecule has 74 valence electrons. The highest BCUT2D eigenvalue weighted by atomic mass is 16.5. The van der Waals surface area contributed by atoms with Crippen LogP contribution in [0.25, 0.3) is 0 Å². The lowest BCUT2D eigenvalue weighted by molar-refractivity contribution is 0.281. The topological polar surface area (TPSA) is 29.5 Å². The van der Waals surface area contributed by atoms with Crippen molar-refractivity contribution < 1.29 is 9.84 Å². The van der Waals surface area contributed by atoms with Gasteiger partial charge >= 0.3 is 0 Å². The highest BCUT2D eigenvalue weighted by molar-refractivity contribution is 5.26. The Morgan fingerprint density at radius 2 is 2.00 bits per heavy atom. The van der Waals surface area contributed by atoms with E-state index in [2.05, 4.69) is 5.92 Å². The number of aliphatic hydroxyl groups is 1. The fraction of sp³-hybridized carbons (Fsp3) is 0.333. The summed E-state index contributed by atoms with van der Waals surface area (Å²) < 4.78 is 5.43. The van der Waals surface area contributed by atoms with Crippen LogP contribution in [0.3, 0.4) is 0 Å². The number of aliphatic hydroxyl groups excluding tert-OH is 1. The fourth-order valence-electron chi connectivity index (χ4n) is 1.06. The van der Waals surface area contributed by atoms with Gasteiger partial charge in [0.25, 0.3) is 0 Å². The standard InChI is InChI=1S/C12H14O2/c1-2-3-4-9-14-12-7-5-11(10-13)6-8-12/h1,5-8,13H,3-4,9-10H2. The van der Waals surface area contributed by atoms with E-state index < -0.39 is 0 Å². The molecule has 0 heterocycles. The van der Waals surface area contributed by atoms with Gasteiger partial charge in [-0.25, -0.2) is 0 Å². The zero-order valence-corrected chi connectivity index (χ0v) is 8.07. The first-order valence-corrected chi connectivity index (χ1v) is 4.63. The average molecular weight is 190 g/mol. The zero-order valence-electron chi connectivity index (χ0n) is 8.07. The maximum atomic E-state index is 8.81. The van der Waals surface area contributed by atoms with Gasteiger partial charge < -0.3 is 9.84 Å². The molecule has 0 aliphatic rings. The molecule has 1 aromatic rings. The number of unbranched alkanes of at least 4 members (excludes halogenated alkanes) is 1. The summed E-state index contributed by atoms with van der Waals surface area (Å²) in [6, 6.07) is 7.38. The van der Waals surface area contributed by atoms with Crippen LogP contribution >= 0.6 is 0 Å². The Bertz CT molecular complexity index is 295. The minimum Gasteiger partial charge on any atom is -0.494 e. The molecule has 0 atom stereocenters. The zero-order chi connectivity index (χ0) is 10.2. The molecule has 0 aliphatic carbocycles. The van der Waals surface area contributed by atoms with Crippen molar-refractivity contribution in [3.8, 4) is 18.1 Å². The van der Waals surface area contributed by atoms with Gasteiger partial charge in [0.1, 0.15) is 5.75 Å². The minimum atomic E-state index is 0.0668. The lowest BCUT2D eigenvalue weighted by atomic mass is 10.2. The molecule has 0 spiro atoms. The summed E-state index contributed by atoms with van der Waals surface area (Å²) >= 11 is 0. The minimum absolute atomic E-state index is 0.0668. The molecule has 2 nitrogen and oxygen atoms in total. The monoisotopic (exact) mass is 190 g/mol. The molecular weight excluding hydrogens is 176 g/mol. The Hall–Kier alpha value is -1.46. The van der Waals surface area contributed by atoms with E-state index in [1.807, 2.05) is 24.3 Å². The summed E-state index contributed by atoms with van der Waals surface area (Å²) in [4.78, 5) is 0. The summed E-state index contributed by atoms with van der Waals surface area (Å²) in [5.74, 6) is 3.38. The van der Waals surface area contributed by atoms with Crippen molar-refractivity contribution in [1.82, 2.24) is 0 Å². The number of hydrogen-bond acceptors (Lipinski definition) is 2. The molecule has 0 bridgehead atoms. The van der Waals surface area contributed by atoms with E-state index in [4.69, 9.17) is 16.3 Å². The van der Waals surface area contributed by atoms with Gasteiger partial charge in [0.05, 0.1) is 13.2 Å². The molecule has 1 N–H and O–H groups in total. The first kappa shape index (κ1) is 10.6. The van der Waals surface area contributed by atoms with Crippen LogP contribution in [0.4, 0.5) is 0 Å². The predicted octanol–water partition coefficient (Wildman–Crippen LogP) is 1.97. The smallest absolute Gasteiger partial charge is 0.119 e. The predicted molar refractivity (Wildman–Crippen MR) is 55.9 cm³/mol. The van der Waals surface area contributed by atoms with Gasteiger partial charge in [-0.2, -0.15) is 0 Å². The molecule has 0 aliphatic heterocycles. The van der Waals surface area contributed by atoms with Crippen LogP contribution in [0.1, 0.15) is 18.4 Å². The van der Waals surface area contributed by atoms with Crippen LogP contribution in [0.2, 0.25) is 0 Å². The third-order valence-corrected chi connectivity index (χ3v) is 1.84. The van der Waals surface area contributed by atoms with Crippen molar-refractivity contribution in [3.63, 3.8) is 0 Å². The van der Waals surface area contributed by atoms with Crippen molar-refractivity contribution in [2.24, 2.45) is 0 Å². The van der Waals surface area contributed by atoms with Gasteiger partial charge in [-0.05, 0) is 24.1 Å². The molecule has 1 aromatic carbocycles. The van der Waals surface area contributed by atoms with Gasteiger partial charge in [-0.15, -0.1) is 12.3 Å². The lowest BCUT2D eigenvalue weighted by Crippen LogP contribution is -1.96. The average Bonchev–Trinajstić information content (AvgIpc) is 2.25. The number of rotatable bonds is 5. The maximum Gasteiger partial charge on any atom is 0.119 e. The quantitative estimate of drug-likeness (QED) is 0.568. The number of ether oxygens (including phenoxy) is 1. The first-order valence-electron chi connectivity index (χ1n) is 4.63. The van der Waals surface area contributed by atoms with Crippen LogP contribution in [-0.4, -0.2) is 11.7 Å². The first-order chi connectivity index (χ1) is 6.86. The van der Waals surface area contributed by atoms with Crippen molar-refractivity contribution >= 4 is 0 Å². The SMILES string of the molecule is C#CCCCOc1ccc(CO)cc1. The molecule has 2 heteroatoms. The van der Waals surface area contributed by atoms with Crippen molar-refractivity contribution in [3.05, 3.63) is 29.8 Å². The van der Waals surface area contributed by atoms with Gasteiger partial charge in [0.2, 0.25) is 0 Å². The Labute approximate surface area is 84.5 Å². The van der Waals surface area contributed by atoms with Gasteiger partial charge in [-0.3, -0.25) is 0 Å². The summed E-state index contributed by atoms with van der Waals surface area (Å²) in [7, 11) is 0. The van der Waals surface area contributed by atoms with E-state index in [0.717, 1.165) is 24.2 Å². The molecule has 1 rings (SSSR count).